The van der Waals surface area contributed by atoms with Crippen LogP contribution in [0.15, 0.2) is 42.5 Å². The second kappa shape index (κ2) is 7.25. The molecule has 0 unspecified atom stereocenters. The van der Waals surface area contributed by atoms with E-state index < -0.39 is 0 Å². The molecule has 0 atom stereocenters. The summed E-state index contributed by atoms with van der Waals surface area (Å²) in [5.74, 6) is 0.926. The Hall–Kier alpha value is -2.74. The minimum absolute atomic E-state index is 0.184. The predicted octanol–water partition coefficient (Wildman–Crippen LogP) is 5.49. The van der Waals surface area contributed by atoms with Crippen LogP contribution in [0.2, 0.25) is 10.0 Å². The molecule has 130 valence electrons. The van der Waals surface area contributed by atoms with Crippen LogP contribution in [0.25, 0.3) is 22.3 Å². The van der Waals surface area contributed by atoms with E-state index in [0.717, 1.165) is 22.4 Å². The molecule has 0 saturated heterocycles. The van der Waals surface area contributed by atoms with E-state index in [4.69, 9.17) is 33.7 Å². The number of pyridine rings is 1. The van der Waals surface area contributed by atoms with Gasteiger partial charge in [-0.1, -0.05) is 41.4 Å². The van der Waals surface area contributed by atoms with E-state index in [-0.39, 0.29) is 5.82 Å². The average Bonchev–Trinajstić information content (AvgIpc) is 2.63. The molecule has 2 aromatic carbocycles. The predicted molar refractivity (Wildman–Crippen MR) is 106 cm³/mol. The first-order valence-electron chi connectivity index (χ1n) is 7.76. The Morgan fingerprint density at radius 1 is 1.00 bits per heavy atom. The summed E-state index contributed by atoms with van der Waals surface area (Å²) in [6, 6.07) is 15.0. The minimum Gasteiger partial charge on any atom is -0.497 e. The Labute approximate surface area is 161 Å². The van der Waals surface area contributed by atoms with Gasteiger partial charge in [0.25, 0.3) is 0 Å². The van der Waals surface area contributed by atoms with Crippen molar-refractivity contribution < 1.29 is 4.74 Å². The van der Waals surface area contributed by atoms with Gasteiger partial charge in [-0.25, -0.2) is 4.98 Å². The molecule has 4 nitrogen and oxygen atoms in total. The van der Waals surface area contributed by atoms with Crippen LogP contribution >= 0.6 is 23.2 Å². The number of aromatic nitrogens is 1. The Bertz CT molecular complexity index is 1020. The maximum atomic E-state index is 9.68. The van der Waals surface area contributed by atoms with Gasteiger partial charge < -0.3 is 10.5 Å². The molecule has 3 rings (SSSR count). The highest BCUT2D eigenvalue weighted by Gasteiger charge is 2.20. The highest BCUT2D eigenvalue weighted by atomic mass is 35.5. The van der Waals surface area contributed by atoms with E-state index in [2.05, 4.69) is 11.1 Å². The van der Waals surface area contributed by atoms with Crippen molar-refractivity contribution in [3.8, 4) is 34.1 Å². The van der Waals surface area contributed by atoms with Gasteiger partial charge in [-0.15, -0.1) is 0 Å². The highest BCUT2D eigenvalue weighted by molar-refractivity contribution is 6.42. The van der Waals surface area contributed by atoms with Crippen LogP contribution in [0.1, 0.15) is 11.3 Å². The number of hydrogen-bond donors (Lipinski definition) is 1. The van der Waals surface area contributed by atoms with Gasteiger partial charge in [-0.05, 0) is 42.3 Å². The van der Waals surface area contributed by atoms with Crippen LogP contribution in [0.5, 0.6) is 5.75 Å². The van der Waals surface area contributed by atoms with Crippen molar-refractivity contribution in [3.63, 3.8) is 0 Å². The Morgan fingerprint density at radius 2 is 1.65 bits per heavy atom. The lowest BCUT2D eigenvalue weighted by Gasteiger charge is -2.17. The zero-order valence-corrected chi connectivity index (χ0v) is 15.7. The second-order valence-corrected chi connectivity index (χ2v) is 6.49. The highest BCUT2D eigenvalue weighted by Crippen LogP contribution is 2.40. The SMILES string of the molecule is COc1ccc(-c2c(C)nc(N)c(C#N)c2-c2ccc(Cl)c(Cl)c2)cc1. The van der Waals surface area contributed by atoms with E-state index in [1.54, 1.807) is 19.2 Å². The van der Waals surface area contributed by atoms with Gasteiger partial charge in [0.15, 0.2) is 0 Å². The zero-order chi connectivity index (χ0) is 18.8. The van der Waals surface area contributed by atoms with Crippen LogP contribution in [0.4, 0.5) is 5.82 Å². The molecule has 0 bridgehead atoms. The molecule has 0 spiro atoms. The number of methoxy groups -OCH3 is 1. The summed E-state index contributed by atoms with van der Waals surface area (Å²) in [6.45, 7) is 1.86. The number of nitriles is 1. The standard InChI is InChI=1S/C20H15Cl2N3O/c1-11-18(12-3-6-14(26-2)7-4-12)19(15(10-23)20(24)25-11)13-5-8-16(21)17(22)9-13/h3-9H,1-2H3,(H2,24,25). The lowest BCUT2D eigenvalue weighted by molar-refractivity contribution is 0.415. The summed E-state index contributed by atoms with van der Waals surface area (Å²) in [4.78, 5) is 4.35. The van der Waals surface area contributed by atoms with Crippen LogP contribution in [0.3, 0.4) is 0 Å². The largest absolute Gasteiger partial charge is 0.497 e. The molecule has 3 aromatic rings. The lowest BCUT2D eigenvalue weighted by Crippen LogP contribution is -2.03. The van der Waals surface area contributed by atoms with Crippen molar-refractivity contribution in [2.24, 2.45) is 0 Å². The molecule has 1 aromatic heterocycles. The molecule has 0 radical (unpaired) electrons. The third-order valence-corrected chi connectivity index (χ3v) is 4.84. The smallest absolute Gasteiger partial charge is 0.142 e. The summed E-state index contributed by atoms with van der Waals surface area (Å²) < 4.78 is 5.22. The number of benzene rings is 2. The number of aryl methyl sites for hydroxylation is 1. The van der Waals surface area contributed by atoms with Gasteiger partial charge in [0.2, 0.25) is 0 Å². The number of nitrogen functional groups attached to an aromatic ring is 1. The molecule has 0 fully saturated rings. The third-order valence-electron chi connectivity index (χ3n) is 4.10. The topological polar surface area (TPSA) is 71.9 Å². The number of hydrogen-bond acceptors (Lipinski definition) is 4. The van der Waals surface area contributed by atoms with Crippen LogP contribution in [-0.2, 0) is 0 Å². The third kappa shape index (κ3) is 3.20. The molecular weight excluding hydrogens is 369 g/mol. The van der Waals surface area contributed by atoms with E-state index in [0.29, 0.717) is 26.9 Å². The summed E-state index contributed by atoms with van der Waals surface area (Å²) in [7, 11) is 1.61. The van der Waals surface area contributed by atoms with Crippen molar-refractivity contribution >= 4 is 29.0 Å². The molecule has 26 heavy (non-hydrogen) atoms. The molecule has 0 amide bonds. The maximum Gasteiger partial charge on any atom is 0.142 e. The van der Waals surface area contributed by atoms with Crippen LogP contribution in [-0.4, -0.2) is 12.1 Å². The first-order chi connectivity index (χ1) is 12.5. The molecule has 0 saturated carbocycles. The van der Waals surface area contributed by atoms with Crippen molar-refractivity contribution in [2.45, 2.75) is 6.92 Å². The molecule has 2 N–H and O–H groups in total. The quantitative estimate of drug-likeness (QED) is 0.648. The Morgan fingerprint density at radius 3 is 2.23 bits per heavy atom. The summed E-state index contributed by atoms with van der Waals surface area (Å²) in [6.07, 6.45) is 0. The molecule has 6 heteroatoms. The van der Waals surface area contributed by atoms with Crippen molar-refractivity contribution in [1.29, 1.82) is 5.26 Å². The lowest BCUT2D eigenvalue weighted by atomic mass is 9.90. The first kappa shape index (κ1) is 18.1. The zero-order valence-electron chi connectivity index (χ0n) is 14.2. The molecule has 0 aliphatic rings. The number of nitrogens with zero attached hydrogens (tertiary/aromatic N) is 2. The molecule has 0 aliphatic carbocycles. The van der Waals surface area contributed by atoms with Gasteiger partial charge in [-0.2, -0.15) is 5.26 Å². The van der Waals surface area contributed by atoms with Gasteiger partial charge in [0.05, 0.1) is 17.2 Å². The summed E-state index contributed by atoms with van der Waals surface area (Å²) in [5, 5.41) is 10.5. The second-order valence-electron chi connectivity index (χ2n) is 5.68. The maximum absolute atomic E-state index is 9.68. The first-order valence-corrected chi connectivity index (χ1v) is 8.52. The number of ether oxygens (including phenoxy) is 1. The molecule has 0 aliphatic heterocycles. The number of anilines is 1. The Balaban J connectivity index is 2.36. The van der Waals surface area contributed by atoms with Gasteiger partial charge in [0, 0.05) is 16.8 Å². The normalized spacial score (nSPS) is 10.4. The van der Waals surface area contributed by atoms with Gasteiger partial charge in [0.1, 0.15) is 23.2 Å². The van der Waals surface area contributed by atoms with E-state index >= 15 is 0 Å². The van der Waals surface area contributed by atoms with E-state index in [1.165, 1.54) is 0 Å². The summed E-state index contributed by atoms with van der Waals surface area (Å²) >= 11 is 12.2. The fourth-order valence-electron chi connectivity index (χ4n) is 2.89. The average molecular weight is 384 g/mol. The van der Waals surface area contributed by atoms with Crippen molar-refractivity contribution in [1.82, 2.24) is 4.98 Å². The number of nitrogens with two attached hydrogens (primary N) is 1. The van der Waals surface area contributed by atoms with Gasteiger partial charge in [-0.3, -0.25) is 0 Å². The van der Waals surface area contributed by atoms with Gasteiger partial charge >= 0.3 is 0 Å². The fraction of sp³-hybridized carbons (Fsp3) is 0.100. The fourth-order valence-corrected chi connectivity index (χ4v) is 3.19. The number of halogens is 2. The van der Waals surface area contributed by atoms with Crippen LogP contribution in [0, 0.1) is 18.3 Å². The molecule has 1 heterocycles. The van der Waals surface area contributed by atoms with E-state index in [9.17, 15) is 5.26 Å². The van der Waals surface area contributed by atoms with Crippen molar-refractivity contribution in [3.05, 3.63) is 63.8 Å². The van der Waals surface area contributed by atoms with E-state index in [1.807, 2.05) is 37.3 Å². The van der Waals surface area contributed by atoms with Crippen LogP contribution < -0.4 is 10.5 Å². The minimum atomic E-state index is 0.184. The molecular formula is C20H15Cl2N3O. The monoisotopic (exact) mass is 383 g/mol. The summed E-state index contributed by atoms with van der Waals surface area (Å²) in [5.41, 5.74) is 10.2. The van der Waals surface area contributed by atoms with Crippen molar-refractivity contribution in [2.75, 3.05) is 12.8 Å². The Kier molecular flexibility index (Phi) is 5.03. The number of rotatable bonds is 3.